The van der Waals surface area contributed by atoms with Gasteiger partial charge in [0.15, 0.2) is 5.60 Å². The molecule has 1 atom stereocenters. The van der Waals surface area contributed by atoms with Crippen LogP contribution in [0.15, 0.2) is 54.6 Å². The van der Waals surface area contributed by atoms with Crippen LogP contribution < -0.4 is 5.32 Å². The molecule has 3 heteroatoms. The average Bonchev–Trinajstić information content (AvgIpc) is 2.63. The van der Waals surface area contributed by atoms with E-state index >= 15 is 0 Å². The maximum atomic E-state index is 12.0. The van der Waals surface area contributed by atoms with Gasteiger partial charge in [0.05, 0.1) is 0 Å². The molecule has 1 amide bonds. The van der Waals surface area contributed by atoms with E-state index in [4.69, 9.17) is 0 Å². The Kier molecular flexibility index (Phi) is 2.42. The van der Waals surface area contributed by atoms with Crippen LogP contribution in [0.3, 0.4) is 0 Å². The first-order valence-corrected chi connectivity index (χ1v) is 5.87. The van der Waals surface area contributed by atoms with E-state index < -0.39 is 5.60 Å². The van der Waals surface area contributed by atoms with Crippen LogP contribution >= 0.6 is 0 Å². The topological polar surface area (TPSA) is 49.3 Å². The van der Waals surface area contributed by atoms with Crippen molar-refractivity contribution in [1.82, 2.24) is 0 Å². The molecule has 3 rings (SSSR count). The molecule has 3 nitrogen and oxygen atoms in total. The molecule has 1 aliphatic rings. The van der Waals surface area contributed by atoms with Crippen LogP contribution in [-0.2, 0) is 16.8 Å². The molecule has 2 aromatic rings. The van der Waals surface area contributed by atoms with Gasteiger partial charge in [-0.15, -0.1) is 0 Å². The van der Waals surface area contributed by atoms with Gasteiger partial charge in [0.2, 0.25) is 0 Å². The van der Waals surface area contributed by atoms with E-state index in [-0.39, 0.29) is 12.3 Å². The highest BCUT2D eigenvalue weighted by Crippen LogP contribution is 2.37. The van der Waals surface area contributed by atoms with Crippen molar-refractivity contribution >= 4 is 11.6 Å². The van der Waals surface area contributed by atoms with Gasteiger partial charge in [-0.3, -0.25) is 4.79 Å². The SMILES string of the molecule is O=C1Nc2ccccc2C1(O)Cc1ccccc1. The minimum absolute atomic E-state index is 0.288. The number of hydrogen-bond acceptors (Lipinski definition) is 2. The molecular formula is C15H13NO2. The number of para-hydroxylation sites is 1. The largest absolute Gasteiger partial charge is 0.375 e. The second-order valence-electron chi connectivity index (χ2n) is 4.52. The van der Waals surface area contributed by atoms with E-state index in [1.54, 1.807) is 12.1 Å². The van der Waals surface area contributed by atoms with Gasteiger partial charge in [-0.2, -0.15) is 0 Å². The lowest BCUT2D eigenvalue weighted by atomic mass is 9.88. The molecule has 0 aromatic heterocycles. The van der Waals surface area contributed by atoms with E-state index in [0.29, 0.717) is 11.3 Å². The summed E-state index contributed by atoms with van der Waals surface area (Å²) in [6.45, 7) is 0. The van der Waals surface area contributed by atoms with Gasteiger partial charge < -0.3 is 10.4 Å². The molecule has 0 aliphatic carbocycles. The van der Waals surface area contributed by atoms with Crippen molar-refractivity contribution in [3.8, 4) is 0 Å². The fourth-order valence-electron chi connectivity index (χ4n) is 2.37. The Balaban J connectivity index is 2.02. The summed E-state index contributed by atoms with van der Waals surface area (Å²) in [5.41, 5.74) is 0.824. The Labute approximate surface area is 105 Å². The number of nitrogens with one attached hydrogen (secondary N) is 1. The predicted octanol–water partition coefficient (Wildman–Crippen LogP) is 2.07. The predicted molar refractivity (Wildman–Crippen MR) is 69.1 cm³/mol. The Bertz CT molecular complexity index is 594. The van der Waals surface area contributed by atoms with Crippen LogP contribution in [0.5, 0.6) is 0 Å². The van der Waals surface area contributed by atoms with Crippen molar-refractivity contribution in [2.24, 2.45) is 0 Å². The third-order valence-corrected chi connectivity index (χ3v) is 3.30. The zero-order valence-corrected chi connectivity index (χ0v) is 9.76. The van der Waals surface area contributed by atoms with E-state index in [2.05, 4.69) is 5.32 Å². The zero-order chi connectivity index (χ0) is 12.6. The number of hydrogen-bond donors (Lipinski definition) is 2. The molecule has 0 radical (unpaired) electrons. The smallest absolute Gasteiger partial charge is 0.261 e. The van der Waals surface area contributed by atoms with E-state index in [1.165, 1.54) is 0 Å². The Hall–Kier alpha value is -2.13. The normalized spacial score (nSPS) is 21.5. The van der Waals surface area contributed by atoms with Gasteiger partial charge in [-0.05, 0) is 11.6 Å². The molecule has 0 bridgehead atoms. The lowest BCUT2D eigenvalue weighted by Gasteiger charge is -2.20. The summed E-state index contributed by atoms with van der Waals surface area (Å²) in [6.07, 6.45) is 0.288. The molecule has 2 aromatic carbocycles. The zero-order valence-electron chi connectivity index (χ0n) is 9.76. The van der Waals surface area contributed by atoms with Gasteiger partial charge >= 0.3 is 0 Å². The number of carbonyl (C=O) groups is 1. The monoisotopic (exact) mass is 239 g/mol. The van der Waals surface area contributed by atoms with Gasteiger partial charge in [-0.1, -0.05) is 48.5 Å². The summed E-state index contributed by atoms with van der Waals surface area (Å²) in [7, 11) is 0. The second kappa shape index (κ2) is 3.96. The maximum Gasteiger partial charge on any atom is 0.261 e. The number of amides is 1. The lowest BCUT2D eigenvalue weighted by Crippen LogP contribution is -2.36. The molecule has 0 saturated heterocycles. The second-order valence-corrected chi connectivity index (χ2v) is 4.52. The van der Waals surface area contributed by atoms with Crippen LogP contribution in [0, 0.1) is 0 Å². The van der Waals surface area contributed by atoms with Gasteiger partial charge in [0.25, 0.3) is 5.91 Å². The number of carbonyl (C=O) groups excluding carboxylic acids is 1. The van der Waals surface area contributed by atoms with E-state index in [9.17, 15) is 9.90 Å². The number of benzene rings is 2. The average molecular weight is 239 g/mol. The summed E-state index contributed by atoms with van der Waals surface area (Å²) in [5, 5.41) is 13.4. The highest BCUT2D eigenvalue weighted by atomic mass is 16.3. The number of anilines is 1. The van der Waals surface area contributed by atoms with Crippen molar-refractivity contribution < 1.29 is 9.90 Å². The quantitative estimate of drug-likeness (QED) is 0.842. The highest BCUT2D eigenvalue weighted by Gasteiger charge is 2.44. The first-order valence-electron chi connectivity index (χ1n) is 5.87. The summed E-state index contributed by atoms with van der Waals surface area (Å²) >= 11 is 0. The van der Waals surface area contributed by atoms with Crippen LogP contribution in [0.4, 0.5) is 5.69 Å². The van der Waals surface area contributed by atoms with Crippen molar-refractivity contribution in [2.75, 3.05) is 5.32 Å². The maximum absolute atomic E-state index is 12.0. The molecular weight excluding hydrogens is 226 g/mol. The third-order valence-electron chi connectivity index (χ3n) is 3.30. The Morgan fingerprint density at radius 2 is 1.67 bits per heavy atom. The Morgan fingerprint density at radius 3 is 2.44 bits per heavy atom. The van der Waals surface area contributed by atoms with E-state index in [1.807, 2.05) is 42.5 Å². The molecule has 90 valence electrons. The molecule has 0 saturated carbocycles. The third kappa shape index (κ3) is 1.60. The van der Waals surface area contributed by atoms with Crippen molar-refractivity contribution in [1.29, 1.82) is 0 Å². The van der Waals surface area contributed by atoms with Gasteiger partial charge in [-0.25, -0.2) is 0 Å². The van der Waals surface area contributed by atoms with Crippen LogP contribution in [-0.4, -0.2) is 11.0 Å². The Morgan fingerprint density at radius 1 is 1.00 bits per heavy atom. The first kappa shape index (κ1) is 11.0. The van der Waals surface area contributed by atoms with Crippen molar-refractivity contribution in [2.45, 2.75) is 12.0 Å². The summed E-state index contributed by atoms with van der Waals surface area (Å²) < 4.78 is 0. The highest BCUT2D eigenvalue weighted by molar-refractivity contribution is 6.05. The number of rotatable bonds is 2. The molecule has 0 fully saturated rings. The summed E-state index contributed by atoms with van der Waals surface area (Å²) in [6, 6.07) is 16.8. The fourth-order valence-corrected chi connectivity index (χ4v) is 2.37. The minimum atomic E-state index is -1.46. The first-order chi connectivity index (χ1) is 8.70. The van der Waals surface area contributed by atoms with Gasteiger partial charge in [0, 0.05) is 17.7 Å². The van der Waals surface area contributed by atoms with Crippen LogP contribution in [0.2, 0.25) is 0 Å². The fraction of sp³-hybridized carbons (Fsp3) is 0.133. The van der Waals surface area contributed by atoms with Crippen LogP contribution in [0.1, 0.15) is 11.1 Å². The molecule has 0 spiro atoms. The summed E-state index contributed by atoms with van der Waals surface area (Å²) in [5.74, 6) is -0.354. The van der Waals surface area contributed by atoms with Crippen molar-refractivity contribution in [3.05, 3.63) is 65.7 Å². The van der Waals surface area contributed by atoms with E-state index in [0.717, 1.165) is 5.56 Å². The number of fused-ring (bicyclic) bond motifs is 1. The summed E-state index contributed by atoms with van der Waals surface area (Å²) in [4.78, 5) is 12.0. The minimum Gasteiger partial charge on any atom is -0.375 e. The van der Waals surface area contributed by atoms with Gasteiger partial charge in [0.1, 0.15) is 0 Å². The standard InChI is InChI=1S/C15H13NO2/c17-14-15(18,10-11-6-2-1-3-7-11)12-8-4-5-9-13(12)16-14/h1-9,18H,10H2,(H,16,17). The molecule has 2 N–H and O–H groups in total. The van der Waals surface area contributed by atoms with Crippen LogP contribution in [0.25, 0.3) is 0 Å². The molecule has 1 aliphatic heterocycles. The molecule has 1 unspecified atom stereocenters. The molecule has 18 heavy (non-hydrogen) atoms. The molecule has 1 heterocycles. The van der Waals surface area contributed by atoms with Crippen molar-refractivity contribution in [3.63, 3.8) is 0 Å². The lowest BCUT2D eigenvalue weighted by molar-refractivity contribution is -0.133. The number of aliphatic hydroxyl groups is 1.